The molecule has 2 aliphatic rings. The number of fused-ring (bicyclic) bond motifs is 1. The molecule has 0 bridgehead atoms. The molecule has 6 heteroatoms. The van der Waals surface area contributed by atoms with Crippen molar-refractivity contribution in [3.63, 3.8) is 0 Å². The van der Waals surface area contributed by atoms with Gasteiger partial charge in [0, 0.05) is 11.1 Å². The monoisotopic (exact) mass is 376 g/mol. The van der Waals surface area contributed by atoms with Crippen LogP contribution in [-0.2, 0) is 16.1 Å². The molecular formula is C22H22N3O3+. The minimum absolute atomic E-state index is 0.0342. The van der Waals surface area contributed by atoms with Crippen LogP contribution in [0.3, 0.4) is 0 Å². The van der Waals surface area contributed by atoms with E-state index in [0.29, 0.717) is 24.2 Å². The zero-order valence-electron chi connectivity index (χ0n) is 15.6. The van der Waals surface area contributed by atoms with Crippen molar-refractivity contribution in [2.75, 3.05) is 26.2 Å². The summed E-state index contributed by atoms with van der Waals surface area (Å²) in [4.78, 5) is 27.9. The molecule has 0 aromatic heterocycles. The Morgan fingerprint density at radius 2 is 1.86 bits per heavy atom. The van der Waals surface area contributed by atoms with Gasteiger partial charge in [-0.25, -0.2) is 4.79 Å². The fourth-order valence-corrected chi connectivity index (χ4v) is 3.89. The van der Waals surface area contributed by atoms with Gasteiger partial charge in [0.15, 0.2) is 0 Å². The predicted octanol–water partition coefficient (Wildman–Crippen LogP) is 1.09. The molecule has 2 aliphatic heterocycles. The molecule has 2 heterocycles. The number of hydrogen-bond acceptors (Lipinski definition) is 4. The number of benzene rings is 2. The number of esters is 1. The molecule has 1 fully saturated rings. The van der Waals surface area contributed by atoms with Gasteiger partial charge < -0.3 is 14.5 Å². The highest BCUT2D eigenvalue weighted by Crippen LogP contribution is 2.33. The van der Waals surface area contributed by atoms with Crippen LogP contribution in [0.15, 0.2) is 48.5 Å². The van der Waals surface area contributed by atoms with Crippen LogP contribution in [0.5, 0.6) is 0 Å². The van der Waals surface area contributed by atoms with E-state index < -0.39 is 6.10 Å². The molecule has 0 unspecified atom stereocenters. The Balaban J connectivity index is 1.30. The van der Waals surface area contributed by atoms with Gasteiger partial charge in [0.1, 0.15) is 12.6 Å². The van der Waals surface area contributed by atoms with E-state index in [1.54, 1.807) is 12.1 Å². The van der Waals surface area contributed by atoms with Crippen LogP contribution in [-0.4, -0.2) is 43.0 Å². The Labute approximate surface area is 163 Å². The molecule has 0 aliphatic carbocycles. The Hall–Kier alpha value is -3.17. The van der Waals surface area contributed by atoms with E-state index in [1.807, 2.05) is 41.3 Å². The molecule has 4 rings (SSSR count). The van der Waals surface area contributed by atoms with Crippen LogP contribution in [0.25, 0.3) is 0 Å². The smallest absolute Gasteiger partial charge is 0.339 e. The SMILES string of the molecule is N#Cc1ccc(C[NH+]2CCN(C(=O)C[C@H]3OC(=O)c4ccccc43)CC2)cc1. The number of carbonyl (C=O) groups is 2. The molecule has 1 atom stereocenters. The van der Waals surface area contributed by atoms with Crippen molar-refractivity contribution in [2.45, 2.75) is 19.1 Å². The first-order valence-electron chi connectivity index (χ1n) is 9.54. The van der Waals surface area contributed by atoms with Gasteiger partial charge in [0.2, 0.25) is 5.91 Å². The van der Waals surface area contributed by atoms with Gasteiger partial charge >= 0.3 is 5.97 Å². The summed E-state index contributed by atoms with van der Waals surface area (Å²) < 4.78 is 5.40. The molecule has 2 aromatic carbocycles. The summed E-state index contributed by atoms with van der Waals surface area (Å²) in [6.07, 6.45) is -0.270. The molecule has 0 spiro atoms. The first kappa shape index (κ1) is 18.2. The topological polar surface area (TPSA) is 74.8 Å². The number of nitrogens with one attached hydrogen (secondary N) is 1. The van der Waals surface area contributed by atoms with Crippen molar-refractivity contribution in [3.8, 4) is 6.07 Å². The zero-order valence-corrected chi connectivity index (χ0v) is 15.6. The van der Waals surface area contributed by atoms with E-state index in [4.69, 9.17) is 10.00 Å². The largest absolute Gasteiger partial charge is 0.453 e. The van der Waals surface area contributed by atoms with E-state index in [-0.39, 0.29) is 18.3 Å². The third kappa shape index (κ3) is 3.75. The fraction of sp³-hybridized carbons (Fsp3) is 0.318. The Morgan fingerprint density at radius 1 is 1.14 bits per heavy atom. The minimum atomic E-state index is -0.472. The maximum atomic E-state index is 12.7. The van der Waals surface area contributed by atoms with Crippen molar-refractivity contribution in [1.82, 2.24) is 4.90 Å². The number of rotatable bonds is 4. The number of amides is 1. The van der Waals surface area contributed by atoms with Gasteiger partial charge in [-0.3, -0.25) is 4.79 Å². The lowest BCUT2D eigenvalue weighted by molar-refractivity contribution is -0.917. The average molecular weight is 376 g/mol. The highest BCUT2D eigenvalue weighted by Gasteiger charge is 2.34. The second kappa shape index (κ2) is 7.83. The standard InChI is InChI=1S/C22H21N3O3/c23-14-16-5-7-17(8-6-16)15-24-9-11-25(12-10-24)21(26)13-20-18-3-1-2-4-19(18)22(27)28-20/h1-8,20H,9-13,15H2/p+1/t20-/m1/s1. The highest BCUT2D eigenvalue weighted by atomic mass is 16.5. The van der Waals surface area contributed by atoms with Crippen LogP contribution in [0.4, 0.5) is 0 Å². The van der Waals surface area contributed by atoms with E-state index in [0.717, 1.165) is 25.2 Å². The van der Waals surface area contributed by atoms with Crippen molar-refractivity contribution >= 4 is 11.9 Å². The van der Waals surface area contributed by atoms with E-state index in [1.165, 1.54) is 10.5 Å². The third-order valence-electron chi connectivity index (χ3n) is 5.50. The van der Waals surface area contributed by atoms with Crippen LogP contribution in [0, 0.1) is 11.3 Å². The van der Waals surface area contributed by atoms with Crippen molar-refractivity contribution < 1.29 is 19.2 Å². The van der Waals surface area contributed by atoms with Crippen molar-refractivity contribution in [1.29, 1.82) is 5.26 Å². The normalized spacial score (nSPS) is 19.0. The Bertz CT molecular complexity index is 925. The lowest BCUT2D eigenvalue weighted by Gasteiger charge is -2.32. The summed E-state index contributed by atoms with van der Waals surface area (Å²) in [5.41, 5.74) is 3.24. The Morgan fingerprint density at radius 3 is 2.57 bits per heavy atom. The maximum absolute atomic E-state index is 12.7. The van der Waals surface area contributed by atoms with Crippen LogP contribution in [0.2, 0.25) is 0 Å². The first-order valence-corrected chi connectivity index (χ1v) is 9.54. The summed E-state index contributed by atoms with van der Waals surface area (Å²) in [7, 11) is 0. The number of ether oxygens (including phenoxy) is 1. The number of nitrogens with zero attached hydrogens (tertiary/aromatic N) is 2. The number of quaternary nitrogens is 1. The summed E-state index contributed by atoms with van der Waals surface area (Å²) in [5, 5.41) is 8.88. The van der Waals surface area contributed by atoms with Gasteiger partial charge in [0.05, 0.1) is 49.8 Å². The number of piperazine rings is 1. The van der Waals surface area contributed by atoms with Crippen LogP contribution >= 0.6 is 0 Å². The average Bonchev–Trinajstić information content (AvgIpc) is 3.05. The molecular weight excluding hydrogens is 354 g/mol. The highest BCUT2D eigenvalue weighted by molar-refractivity contribution is 5.94. The zero-order chi connectivity index (χ0) is 19.5. The van der Waals surface area contributed by atoms with Crippen molar-refractivity contribution in [2.24, 2.45) is 0 Å². The predicted molar refractivity (Wildman–Crippen MR) is 101 cm³/mol. The summed E-state index contributed by atoms with van der Waals surface area (Å²) in [6, 6.07) is 17.1. The van der Waals surface area contributed by atoms with Crippen molar-refractivity contribution in [3.05, 3.63) is 70.8 Å². The summed E-state index contributed by atoms with van der Waals surface area (Å²) in [5.74, 6) is -0.308. The molecule has 1 N–H and O–H groups in total. The summed E-state index contributed by atoms with van der Waals surface area (Å²) in [6.45, 7) is 4.06. The molecule has 6 nitrogen and oxygen atoms in total. The van der Waals surface area contributed by atoms with Gasteiger partial charge in [-0.1, -0.05) is 30.3 Å². The summed E-state index contributed by atoms with van der Waals surface area (Å²) >= 11 is 0. The molecule has 2 aromatic rings. The second-order valence-corrected chi connectivity index (χ2v) is 7.30. The molecule has 1 saturated heterocycles. The van der Waals surface area contributed by atoms with E-state index in [9.17, 15) is 9.59 Å². The molecule has 0 radical (unpaired) electrons. The minimum Gasteiger partial charge on any atom is -0.453 e. The second-order valence-electron chi connectivity index (χ2n) is 7.30. The number of cyclic esters (lactones) is 1. The Kier molecular flexibility index (Phi) is 5.09. The molecule has 142 valence electrons. The number of hydrogen-bond donors (Lipinski definition) is 1. The number of nitriles is 1. The van der Waals surface area contributed by atoms with E-state index in [2.05, 4.69) is 6.07 Å². The van der Waals surface area contributed by atoms with Gasteiger partial charge in [-0.05, 0) is 18.2 Å². The quantitative estimate of drug-likeness (QED) is 0.811. The van der Waals surface area contributed by atoms with Crippen LogP contribution in [0.1, 0.15) is 39.6 Å². The molecule has 1 amide bonds. The maximum Gasteiger partial charge on any atom is 0.339 e. The molecule has 28 heavy (non-hydrogen) atoms. The van der Waals surface area contributed by atoms with Gasteiger partial charge in [0.25, 0.3) is 0 Å². The fourth-order valence-electron chi connectivity index (χ4n) is 3.89. The molecule has 0 saturated carbocycles. The first-order chi connectivity index (χ1) is 13.6. The van der Waals surface area contributed by atoms with Gasteiger partial charge in [-0.15, -0.1) is 0 Å². The lowest BCUT2D eigenvalue weighted by atomic mass is 10.0. The van der Waals surface area contributed by atoms with E-state index >= 15 is 0 Å². The lowest BCUT2D eigenvalue weighted by Crippen LogP contribution is -3.13. The third-order valence-corrected chi connectivity index (χ3v) is 5.50. The number of carbonyl (C=O) groups excluding carboxylic acids is 2. The van der Waals surface area contributed by atoms with Gasteiger partial charge in [-0.2, -0.15) is 5.26 Å². The van der Waals surface area contributed by atoms with Crippen LogP contribution < -0.4 is 4.90 Å².